The lowest BCUT2D eigenvalue weighted by Gasteiger charge is -2.27. The number of hydrogen-bond acceptors (Lipinski definition) is 4. The molecule has 0 saturated carbocycles. The fourth-order valence-corrected chi connectivity index (χ4v) is 3.61. The highest BCUT2D eigenvalue weighted by Crippen LogP contribution is 2.42. The van der Waals surface area contributed by atoms with Gasteiger partial charge in [-0.15, -0.1) is 0 Å². The number of halogens is 5. The van der Waals surface area contributed by atoms with E-state index in [-0.39, 0.29) is 28.2 Å². The standard InChI is InChI=1S/C22H15F5N4O/c1-31-20(32)22(30-21(31)28,12-6-7-29-17(10-12)19(26)27)13-8-15(18(25)16(24)9-13)11-2-4-14(23)5-3-11/h2-10,19H,1H3,(H2,28,30). The first-order valence-electron chi connectivity index (χ1n) is 9.28. The van der Waals surface area contributed by atoms with Gasteiger partial charge in [-0.25, -0.2) is 26.9 Å². The number of likely N-dealkylation sites (N-methyl/N-ethyl adjacent to an activating group) is 1. The van der Waals surface area contributed by atoms with E-state index in [1.54, 1.807) is 0 Å². The Balaban J connectivity index is 2.01. The van der Waals surface area contributed by atoms with Gasteiger partial charge in [-0.1, -0.05) is 12.1 Å². The van der Waals surface area contributed by atoms with Crippen LogP contribution in [0.3, 0.4) is 0 Å². The van der Waals surface area contributed by atoms with Crippen molar-refractivity contribution in [3.05, 3.63) is 89.0 Å². The van der Waals surface area contributed by atoms with Gasteiger partial charge >= 0.3 is 0 Å². The first-order valence-corrected chi connectivity index (χ1v) is 9.28. The molecule has 10 heteroatoms. The third-order valence-corrected chi connectivity index (χ3v) is 5.26. The third-order valence-electron chi connectivity index (χ3n) is 5.26. The van der Waals surface area contributed by atoms with Crippen molar-refractivity contribution in [1.29, 1.82) is 0 Å². The van der Waals surface area contributed by atoms with Gasteiger partial charge in [-0.2, -0.15) is 0 Å². The van der Waals surface area contributed by atoms with E-state index >= 15 is 0 Å². The van der Waals surface area contributed by atoms with Gasteiger partial charge in [0.25, 0.3) is 12.3 Å². The Morgan fingerprint density at radius 1 is 1.00 bits per heavy atom. The summed E-state index contributed by atoms with van der Waals surface area (Å²) in [6.45, 7) is 0. The molecule has 1 aliphatic rings. The molecular weight excluding hydrogens is 431 g/mol. The van der Waals surface area contributed by atoms with Crippen molar-refractivity contribution in [2.75, 3.05) is 7.05 Å². The van der Waals surface area contributed by atoms with Gasteiger partial charge in [0.05, 0.1) is 0 Å². The third kappa shape index (κ3) is 3.28. The van der Waals surface area contributed by atoms with Gasteiger partial charge < -0.3 is 5.73 Å². The van der Waals surface area contributed by atoms with E-state index in [1.807, 2.05) is 0 Å². The predicted molar refractivity (Wildman–Crippen MR) is 106 cm³/mol. The quantitative estimate of drug-likeness (QED) is 0.613. The van der Waals surface area contributed by atoms with Gasteiger partial charge in [0.2, 0.25) is 0 Å². The van der Waals surface area contributed by atoms with Crippen LogP contribution in [0.4, 0.5) is 22.0 Å². The van der Waals surface area contributed by atoms with Crippen LogP contribution < -0.4 is 5.73 Å². The number of nitrogens with two attached hydrogens (primary N) is 1. The number of benzene rings is 2. The largest absolute Gasteiger partial charge is 0.369 e. The van der Waals surface area contributed by atoms with Crippen LogP contribution in [0.15, 0.2) is 59.7 Å². The van der Waals surface area contributed by atoms with Crippen LogP contribution in [0.25, 0.3) is 11.1 Å². The highest BCUT2D eigenvalue weighted by atomic mass is 19.3. The molecule has 1 aromatic heterocycles. The van der Waals surface area contributed by atoms with E-state index < -0.39 is 41.0 Å². The van der Waals surface area contributed by atoms with Gasteiger partial charge in [0, 0.05) is 18.8 Å². The molecule has 2 N–H and O–H groups in total. The maximum atomic E-state index is 14.7. The minimum absolute atomic E-state index is 0.0452. The van der Waals surface area contributed by atoms with E-state index in [0.717, 1.165) is 35.4 Å². The normalized spacial score (nSPS) is 18.4. The summed E-state index contributed by atoms with van der Waals surface area (Å²) in [6.07, 6.45) is -1.88. The fourth-order valence-electron chi connectivity index (χ4n) is 3.61. The van der Waals surface area contributed by atoms with E-state index in [4.69, 9.17) is 5.73 Å². The van der Waals surface area contributed by atoms with Gasteiger partial charge in [0.1, 0.15) is 11.5 Å². The molecule has 0 spiro atoms. The molecule has 0 fully saturated rings. The van der Waals surface area contributed by atoms with E-state index in [1.165, 1.54) is 31.3 Å². The molecule has 0 bridgehead atoms. The number of aliphatic imine (C=N–C) groups is 1. The van der Waals surface area contributed by atoms with Crippen molar-refractivity contribution in [2.24, 2.45) is 10.7 Å². The second-order valence-electron chi connectivity index (χ2n) is 7.14. The van der Waals surface area contributed by atoms with Crippen LogP contribution in [-0.4, -0.2) is 28.8 Å². The Bertz CT molecular complexity index is 1250. The first kappa shape index (κ1) is 21.4. The molecule has 0 aliphatic carbocycles. The molecule has 164 valence electrons. The van der Waals surface area contributed by atoms with Crippen LogP contribution >= 0.6 is 0 Å². The number of rotatable bonds is 4. The Kier molecular flexibility index (Phi) is 5.15. The molecule has 0 saturated heterocycles. The summed E-state index contributed by atoms with van der Waals surface area (Å²) < 4.78 is 69.2. The number of aromatic nitrogens is 1. The maximum absolute atomic E-state index is 14.7. The molecule has 0 radical (unpaired) electrons. The Morgan fingerprint density at radius 2 is 1.69 bits per heavy atom. The van der Waals surface area contributed by atoms with Gasteiger partial charge in [-0.3, -0.25) is 14.7 Å². The zero-order valence-corrected chi connectivity index (χ0v) is 16.5. The minimum Gasteiger partial charge on any atom is -0.369 e. The van der Waals surface area contributed by atoms with E-state index in [9.17, 15) is 26.7 Å². The highest BCUT2D eigenvalue weighted by Gasteiger charge is 2.50. The SMILES string of the molecule is CN1C(=O)C(c2ccnc(C(F)F)c2)(c2cc(F)c(F)c(-c3ccc(F)cc3)c2)N=C1N. The van der Waals surface area contributed by atoms with Crippen molar-refractivity contribution in [3.63, 3.8) is 0 Å². The first-order chi connectivity index (χ1) is 15.1. The van der Waals surface area contributed by atoms with Gasteiger partial charge in [-0.05, 0) is 53.1 Å². The molecule has 2 aromatic carbocycles. The van der Waals surface area contributed by atoms with Crippen molar-refractivity contribution in [2.45, 2.75) is 12.0 Å². The molecule has 1 atom stereocenters. The lowest BCUT2D eigenvalue weighted by Crippen LogP contribution is -2.41. The smallest absolute Gasteiger partial charge is 0.280 e. The number of amides is 1. The lowest BCUT2D eigenvalue weighted by atomic mass is 9.81. The topological polar surface area (TPSA) is 71.6 Å². The molecule has 4 rings (SSSR count). The van der Waals surface area contributed by atoms with Crippen LogP contribution in [0.2, 0.25) is 0 Å². The summed E-state index contributed by atoms with van der Waals surface area (Å²) in [6, 6.07) is 8.79. The summed E-state index contributed by atoms with van der Waals surface area (Å²) in [5.74, 6) is -4.10. The van der Waals surface area contributed by atoms with Crippen molar-refractivity contribution in [1.82, 2.24) is 9.88 Å². The fraction of sp³-hybridized carbons (Fsp3) is 0.136. The maximum Gasteiger partial charge on any atom is 0.280 e. The van der Waals surface area contributed by atoms with Crippen molar-refractivity contribution < 1.29 is 26.7 Å². The molecular formula is C22H15F5N4O. The van der Waals surface area contributed by atoms with Crippen LogP contribution in [0.1, 0.15) is 23.2 Å². The zero-order chi connectivity index (χ0) is 23.2. The molecule has 2 heterocycles. The van der Waals surface area contributed by atoms with Gasteiger partial charge in [0.15, 0.2) is 23.1 Å². The number of carbonyl (C=O) groups is 1. The lowest BCUT2D eigenvalue weighted by molar-refractivity contribution is -0.129. The van der Waals surface area contributed by atoms with E-state index in [0.29, 0.717) is 0 Å². The predicted octanol–water partition coefficient (Wildman–Crippen LogP) is 4.13. The summed E-state index contributed by atoms with van der Waals surface area (Å²) in [5.41, 5.74) is 2.85. The second-order valence-corrected chi connectivity index (χ2v) is 7.14. The summed E-state index contributed by atoms with van der Waals surface area (Å²) >= 11 is 0. The molecule has 3 aromatic rings. The number of pyridine rings is 1. The average Bonchev–Trinajstić information content (AvgIpc) is 3.01. The molecule has 1 aliphatic heterocycles. The number of carbonyl (C=O) groups excluding carboxylic acids is 1. The Morgan fingerprint density at radius 3 is 2.28 bits per heavy atom. The summed E-state index contributed by atoms with van der Waals surface area (Å²) in [5, 5.41) is 0. The molecule has 32 heavy (non-hydrogen) atoms. The molecule has 1 unspecified atom stereocenters. The summed E-state index contributed by atoms with van der Waals surface area (Å²) in [7, 11) is 1.32. The van der Waals surface area contributed by atoms with Crippen LogP contribution in [0, 0.1) is 17.5 Å². The zero-order valence-electron chi connectivity index (χ0n) is 16.5. The number of hydrogen-bond donors (Lipinski definition) is 1. The highest BCUT2D eigenvalue weighted by molar-refractivity contribution is 6.09. The second kappa shape index (κ2) is 7.70. The minimum atomic E-state index is -2.94. The molecule has 1 amide bonds. The average molecular weight is 446 g/mol. The van der Waals surface area contributed by atoms with Crippen molar-refractivity contribution in [3.8, 4) is 11.1 Å². The van der Waals surface area contributed by atoms with E-state index in [2.05, 4.69) is 9.98 Å². The number of alkyl halides is 2. The number of guanidine groups is 1. The molecule has 5 nitrogen and oxygen atoms in total. The Labute approximate surface area is 179 Å². The van der Waals surface area contributed by atoms with Crippen LogP contribution in [-0.2, 0) is 10.3 Å². The monoisotopic (exact) mass is 446 g/mol. The van der Waals surface area contributed by atoms with Crippen LogP contribution in [0.5, 0.6) is 0 Å². The summed E-state index contributed by atoms with van der Waals surface area (Å²) in [4.78, 5) is 22.0. The van der Waals surface area contributed by atoms with Crippen molar-refractivity contribution >= 4 is 11.9 Å². The Hall–Kier alpha value is -3.82. The number of nitrogens with zero attached hydrogens (tertiary/aromatic N) is 3.